The lowest BCUT2D eigenvalue weighted by atomic mass is 10.0. The van der Waals surface area contributed by atoms with Crippen LogP contribution < -0.4 is 15.4 Å². The van der Waals surface area contributed by atoms with Crippen LogP contribution in [0, 0.1) is 0 Å². The molecule has 1 aromatic heterocycles. The van der Waals surface area contributed by atoms with Crippen LogP contribution in [0.4, 0.5) is 11.9 Å². The predicted molar refractivity (Wildman–Crippen MR) is 79.3 cm³/mol. The third-order valence-electron chi connectivity index (χ3n) is 3.53. The van der Waals surface area contributed by atoms with Gasteiger partial charge in [0.05, 0.1) is 6.61 Å². The highest BCUT2D eigenvalue weighted by Gasteiger charge is 2.19. The minimum Gasteiger partial charge on any atom is -0.464 e. The summed E-state index contributed by atoms with van der Waals surface area (Å²) in [5.41, 5.74) is 0. The number of piperidine rings is 1. The highest BCUT2D eigenvalue weighted by atomic mass is 16.5. The molecule has 0 radical (unpaired) electrons. The Hall–Kier alpha value is -1.63. The molecule has 0 amide bonds. The summed E-state index contributed by atoms with van der Waals surface area (Å²) in [6.07, 6.45) is 3.79. The number of ether oxygens (including phenoxy) is 1. The summed E-state index contributed by atoms with van der Waals surface area (Å²) in [7, 11) is 3.95. The molecular weight excluding hydrogens is 256 g/mol. The summed E-state index contributed by atoms with van der Waals surface area (Å²) in [5, 5.41) is 6.21. The van der Waals surface area contributed by atoms with Gasteiger partial charge in [-0.3, -0.25) is 0 Å². The van der Waals surface area contributed by atoms with Crippen LogP contribution in [0.1, 0.15) is 26.2 Å². The van der Waals surface area contributed by atoms with Gasteiger partial charge in [-0.15, -0.1) is 0 Å². The fraction of sp³-hybridized carbons (Fsp3) is 0.769. The minimum atomic E-state index is 0.353. The molecule has 2 rings (SSSR count). The van der Waals surface area contributed by atoms with Crippen molar-refractivity contribution < 1.29 is 4.74 Å². The van der Waals surface area contributed by atoms with E-state index in [-0.39, 0.29) is 0 Å². The predicted octanol–water partition coefficient (Wildman–Crippen LogP) is 1.21. The normalized spacial score (nSPS) is 19.6. The van der Waals surface area contributed by atoms with E-state index in [1.807, 2.05) is 6.92 Å². The molecule has 7 nitrogen and oxygen atoms in total. The molecule has 1 atom stereocenters. The molecule has 1 aliphatic heterocycles. The number of hydrogen-bond donors (Lipinski definition) is 2. The molecule has 1 unspecified atom stereocenters. The lowest BCUT2D eigenvalue weighted by Crippen LogP contribution is -2.41. The van der Waals surface area contributed by atoms with E-state index in [1.165, 1.54) is 19.3 Å². The van der Waals surface area contributed by atoms with Crippen molar-refractivity contribution >= 4 is 11.9 Å². The first-order chi connectivity index (χ1) is 9.72. The average molecular weight is 280 g/mol. The second kappa shape index (κ2) is 7.23. The lowest BCUT2D eigenvalue weighted by Gasteiger charge is -2.32. The minimum absolute atomic E-state index is 0.353. The molecule has 0 aliphatic carbocycles. The van der Waals surface area contributed by atoms with Crippen molar-refractivity contribution in [2.24, 2.45) is 0 Å². The lowest BCUT2D eigenvalue weighted by molar-refractivity contribution is 0.194. The first-order valence-corrected chi connectivity index (χ1v) is 7.23. The van der Waals surface area contributed by atoms with Crippen LogP contribution in [-0.2, 0) is 0 Å². The number of nitrogens with one attached hydrogen (secondary N) is 2. The number of rotatable bonds is 6. The van der Waals surface area contributed by atoms with Gasteiger partial charge in [0.25, 0.3) is 0 Å². The van der Waals surface area contributed by atoms with Crippen LogP contribution in [0.5, 0.6) is 6.01 Å². The molecule has 1 aliphatic rings. The van der Waals surface area contributed by atoms with E-state index < -0.39 is 0 Å². The van der Waals surface area contributed by atoms with E-state index in [0.29, 0.717) is 30.6 Å². The summed E-state index contributed by atoms with van der Waals surface area (Å²) in [5.74, 6) is 1.08. The van der Waals surface area contributed by atoms with Crippen molar-refractivity contribution in [3.8, 4) is 6.01 Å². The standard InChI is InChI=1S/C13H24N6O/c1-4-20-13-17-11(14-2)16-12(18-13)15-9-10-7-5-6-8-19(10)3/h10H,4-9H2,1-3H3,(H2,14,15,16,17,18). The van der Waals surface area contributed by atoms with Crippen molar-refractivity contribution in [3.63, 3.8) is 0 Å². The first-order valence-electron chi connectivity index (χ1n) is 7.23. The third-order valence-corrected chi connectivity index (χ3v) is 3.53. The molecule has 20 heavy (non-hydrogen) atoms. The topological polar surface area (TPSA) is 75.2 Å². The smallest absolute Gasteiger partial charge is 0.323 e. The second-order valence-corrected chi connectivity index (χ2v) is 4.96. The Bertz CT molecular complexity index is 427. The zero-order valence-electron chi connectivity index (χ0n) is 12.5. The second-order valence-electron chi connectivity index (χ2n) is 4.96. The number of anilines is 2. The van der Waals surface area contributed by atoms with Crippen molar-refractivity contribution in [1.82, 2.24) is 19.9 Å². The van der Waals surface area contributed by atoms with Crippen molar-refractivity contribution in [3.05, 3.63) is 0 Å². The molecule has 2 heterocycles. The quantitative estimate of drug-likeness (QED) is 0.811. The number of nitrogens with zero attached hydrogens (tertiary/aromatic N) is 4. The largest absolute Gasteiger partial charge is 0.464 e. The zero-order valence-corrected chi connectivity index (χ0v) is 12.5. The van der Waals surface area contributed by atoms with E-state index in [9.17, 15) is 0 Å². The Kier molecular flexibility index (Phi) is 5.34. The highest BCUT2D eigenvalue weighted by Crippen LogP contribution is 2.16. The molecular formula is C13H24N6O. The maximum atomic E-state index is 5.35. The SMILES string of the molecule is CCOc1nc(NC)nc(NCC2CCCCN2C)n1. The summed E-state index contributed by atoms with van der Waals surface area (Å²) in [6, 6.07) is 0.889. The van der Waals surface area contributed by atoms with E-state index in [2.05, 4.69) is 37.5 Å². The molecule has 0 aromatic carbocycles. The third kappa shape index (κ3) is 3.93. The zero-order chi connectivity index (χ0) is 14.4. The average Bonchev–Trinajstić information content (AvgIpc) is 2.46. The summed E-state index contributed by atoms with van der Waals surface area (Å²) < 4.78 is 5.35. The first kappa shape index (κ1) is 14.8. The van der Waals surface area contributed by atoms with Crippen LogP contribution in [0.3, 0.4) is 0 Å². The van der Waals surface area contributed by atoms with E-state index >= 15 is 0 Å². The number of likely N-dealkylation sites (N-methyl/N-ethyl adjacent to an activating group) is 1. The summed E-state index contributed by atoms with van der Waals surface area (Å²) in [6.45, 7) is 4.45. The Morgan fingerprint density at radius 1 is 1.25 bits per heavy atom. The van der Waals surface area contributed by atoms with Crippen molar-refractivity contribution in [1.29, 1.82) is 0 Å². The van der Waals surface area contributed by atoms with Gasteiger partial charge in [-0.2, -0.15) is 15.0 Å². The molecule has 7 heteroatoms. The van der Waals surface area contributed by atoms with Gasteiger partial charge >= 0.3 is 6.01 Å². The molecule has 1 saturated heterocycles. The summed E-state index contributed by atoms with van der Waals surface area (Å²) in [4.78, 5) is 15.1. The van der Waals surface area contributed by atoms with Crippen LogP contribution in [0.15, 0.2) is 0 Å². The van der Waals surface area contributed by atoms with Gasteiger partial charge in [0.15, 0.2) is 0 Å². The van der Waals surface area contributed by atoms with Gasteiger partial charge in [-0.25, -0.2) is 0 Å². The van der Waals surface area contributed by atoms with Gasteiger partial charge in [-0.1, -0.05) is 6.42 Å². The maximum absolute atomic E-state index is 5.35. The fourth-order valence-electron chi connectivity index (χ4n) is 2.35. The Balaban J connectivity index is 1.98. The van der Waals surface area contributed by atoms with Gasteiger partial charge in [-0.05, 0) is 33.4 Å². The van der Waals surface area contributed by atoms with Crippen LogP contribution in [0.2, 0.25) is 0 Å². The van der Waals surface area contributed by atoms with Crippen molar-refractivity contribution in [2.75, 3.05) is 44.4 Å². The molecule has 112 valence electrons. The van der Waals surface area contributed by atoms with Crippen LogP contribution in [0.25, 0.3) is 0 Å². The fourth-order valence-corrected chi connectivity index (χ4v) is 2.35. The van der Waals surface area contributed by atoms with E-state index in [4.69, 9.17) is 4.74 Å². The van der Waals surface area contributed by atoms with Gasteiger partial charge in [0.1, 0.15) is 0 Å². The monoisotopic (exact) mass is 280 g/mol. The van der Waals surface area contributed by atoms with Gasteiger partial charge in [0.2, 0.25) is 11.9 Å². The van der Waals surface area contributed by atoms with Crippen LogP contribution >= 0.6 is 0 Å². The molecule has 0 spiro atoms. The van der Waals surface area contributed by atoms with Crippen molar-refractivity contribution in [2.45, 2.75) is 32.2 Å². The Morgan fingerprint density at radius 2 is 2.05 bits per heavy atom. The Labute approximate surface area is 120 Å². The molecule has 1 aromatic rings. The molecule has 2 N–H and O–H groups in total. The highest BCUT2D eigenvalue weighted by molar-refractivity contribution is 5.35. The number of likely N-dealkylation sites (tertiary alicyclic amines) is 1. The number of hydrogen-bond acceptors (Lipinski definition) is 7. The maximum Gasteiger partial charge on any atom is 0.323 e. The van der Waals surface area contributed by atoms with Crippen LogP contribution in [-0.4, -0.2) is 59.7 Å². The Morgan fingerprint density at radius 3 is 2.75 bits per heavy atom. The molecule has 1 fully saturated rings. The molecule has 0 bridgehead atoms. The van der Waals surface area contributed by atoms with E-state index in [0.717, 1.165) is 13.1 Å². The van der Waals surface area contributed by atoms with E-state index in [1.54, 1.807) is 7.05 Å². The molecule has 0 saturated carbocycles. The number of aromatic nitrogens is 3. The van der Waals surface area contributed by atoms with Gasteiger partial charge in [0, 0.05) is 19.6 Å². The van der Waals surface area contributed by atoms with Gasteiger partial charge < -0.3 is 20.3 Å². The summed E-state index contributed by atoms with van der Waals surface area (Å²) >= 11 is 0.